The predicted molar refractivity (Wildman–Crippen MR) is 84.3 cm³/mol. The Hall–Kier alpha value is -0.980. The van der Waals surface area contributed by atoms with Crippen LogP contribution in [0.3, 0.4) is 0 Å². The maximum atomic E-state index is 12.5. The summed E-state index contributed by atoms with van der Waals surface area (Å²) in [5.74, 6) is 0.448. The highest BCUT2D eigenvalue weighted by Gasteiger charge is 2.38. The van der Waals surface area contributed by atoms with Gasteiger partial charge in [-0.25, -0.2) is 4.98 Å². The second-order valence-electron chi connectivity index (χ2n) is 5.98. The molecule has 2 rings (SSSR count). The van der Waals surface area contributed by atoms with Gasteiger partial charge in [-0.15, -0.1) is 11.3 Å². The van der Waals surface area contributed by atoms with Gasteiger partial charge in [-0.2, -0.15) is 0 Å². The van der Waals surface area contributed by atoms with Crippen LogP contribution in [-0.2, 0) is 16.1 Å². The van der Waals surface area contributed by atoms with Crippen molar-refractivity contribution in [3.63, 3.8) is 0 Å². The van der Waals surface area contributed by atoms with E-state index in [1.807, 2.05) is 0 Å². The zero-order chi connectivity index (χ0) is 15.5. The molecule has 21 heavy (non-hydrogen) atoms. The van der Waals surface area contributed by atoms with Crippen LogP contribution in [0.4, 0.5) is 0 Å². The number of aromatic nitrogens is 1. The maximum Gasteiger partial charge on any atom is 0.228 e. The molecular formula is C15H25N3O2S. The molecule has 2 heterocycles. The number of thiazole rings is 1. The van der Waals surface area contributed by atoms with Gasteiger partial charge in [-0.3, -0.25) is 4.79 Å². The third-order valence-corrected chi connectivity index (χ3v) is 5.13. The van der Waals surface area contributed by atoms with Crippen molar-refractivity contribution in [2.24, 2.45) is 11.1 Å². The van der Waals surface area contributed by atoms with Gasteiger partial charge in [-0.05, 0) is 25.7 Å². The molecule has 0 aromatic carbocycles. The van der Waals surface area contributed by atoms with Crippen molar-refractivity contribution in [2.75, 3.05) is 19.8 Å². The van der Waals surface area contributed by atoms with Gasteiger partial charge < -0.3 is 15.8 Å². The number of nitrogens with one attached hydrogen (secondary N) is 1. The minimum absolute atomic E-state index is 0.0345. The molecule has 1 aliphatic heterocycles. The van der Waals surface area contributed by atoms with Crippen molar-refractivity contribution in [3.05, 3.63) is 15.6 Å². The van der Waals surface area contributed by atoms with Crippen LogP contribution in [0.25, 0.3) is 0 Å². The number of ether oxygens (including phenoxy) is 1. The lowest BCUT2D eigenvalue weighted by Gasteiger charge is -2.34. The maximum absolute atomic E-state index is 12.5. The van der Waals surface area contributed by atoms with Gasteiger partial charge >= 0.3 is 0 Å². The topological polar surface area (TPSA) is 77.2 Å². The molecule has 1 amide bonds. The lowest BCUT2D eigenvalue weighted by molar-refractivity contribution is -0.136. The summed E-state index contributed by atoms with van der Waals surface area (Å²) in [7, 11) is 0. The quantitative estimate of drug-likeness (QED) is 0.871. The number of hydrogen-bond acceptors (Lipinski definition) is 5. The standard InChI is InChI=1S/C15H25N3O2S/c1-10(2)13-11(3)21-12(18-13)8-17-14(19)15(9-16)4-6-20-7-5-15/h10H,4-9,16H2,1-3H3,(H,17,19). The molecule has 1 aromatic heterocycles. The van der Waals surface area contributed by atoms with Gasteiger partial charge in [0.2, 0.25) is 5.91 Å². The summed E-state index contributed by atoms with van der Waals surface area (Å²) >= 11 is 1.66. The highest BCUT2D eigenvalue weighted by molar-refractivity contribution is 7.11. The Morgan fingerprint density at radius 2 is 2.14 bits per heavy atom. The van der Waals surface area contributed by atoms with E-state index < -0.39 is 5.41 Å². The molecule has 1 fully saturated rings. The van der Waals surface area contributed by atoms with Crippen LogP contribution in [0.15, 0.2) is 0 Å². The average Bonchev–Trinajstić information content (AvgIpc) is 2.86. The van der Waals surface area contributed by atoms with Crippen LogP contribution in [-0.4, -0.2) is 30.6 Å². The van der Waals surface area contributed by atoms with E-state index >= 15 is 0 Å². The number of amides is 1. The molecule has 0 aliphatic carbocycles. The minimum atomic E-state index is -0.467. The first-order valence-corrected chi connectivity index (χ1v) is 8.32. The van der Waals surface area contributed by atoms with Crippen LogP contribution in [0.2, 0.25) is 0 Å². The number of nitrogens with zero attached hydrogens (tertiary/aromatic N) is 1. The second-order valence-corrected chi connectivity index (χ2v) is 7.27. The molecule has 0 unspecified atom stereocenters. The van der Waals surface area contributed by atoms with Crippen molar-refractivity contribution < 1.29 is 9.53 Å². The molecule has 1 aliphatic rings. The van der Waals surface area contributed by atoms with E-state index in [1.54, 1.807) is 11.3 Å². The average molecular weight is 311 g/mol. The van der Waals surface area contributed by atoms with Crippen molar-refractivity contribution >= 4 is 17.2 Å². The number of aryl methyl sites for hydroxylation is 1. The fourth-order valence-corrected chi connectivity index (χ4v) is 3.73. The summed E-state index contributed by atoms with van der Waals surface area (Å²) in [6, 6.07) is 0. The third-order valence-electron chi connectivity index (χ3n) is 4.15. The van der Waals surface area contributed by atoms with E-state index in [2.05, 4.69) is 31.1 Å². The van der Waals surface area contributed by atoms with E-state index in [-0.39, 0.29) is 5.91 Å². The SMILES string of the molecule is Cc1sc(CNC(=O)C2(CN)CCOCC2)nc1C(C)C. The van der Waals surface area contributed by atoms with E-state index in [1.165, 1.54) is 4.88 Å². The Morgan fingerprint density at radius 1 is 1.48 bits per heavy atom. The molecule has 3 N–H and O–H groups in total. The minimum Gasteiger partial charge on any atom is -0.381 e. The van der Waals surface area contributed by atoms with Crippen LogP contribution in [0.5, 0.6) is 0 Å². The summed E-state index contributed by atoms with van der Waals surface area (Å²) < 4.78 is 5.34. The van der Waals surface area contributed by atoms with Gasteiger partial charge in [0.25, 0.3) is 0 Å². The smallest absolute Gasteiger partial charge is 0.228 e. The lowest BCUT2D eigenvalue weighted by Crippen LogP contribution is -2.48. The van der Waals surface area contributed by atoms with Crippen molar-refractivity contribution in [1.29, 1.82) is 0 Å². The van der Waals surface area contributed by atoms with Gasteiger partial charge in [0.05, 0.1) is 17.7 Å². The van der Waals surface area contributed by atoms with Crippen LogP contribution >= 0.6 is 11.3 Å². The Balaban J connectivity index is 1.98. The molecule has 6 heteroatoms. The molecule has 118 valence electrons. The molecule has 1 saturated heterocycles. The first-order chi connectivity index (χ1) is 9.98. The molecule has 0 atom stereocenters. The van der Waals surface area contributed by atoms with Gasteiger partial charge in [-0.1, -0.05) is 13.8 Å². The second kappa shape index (κ2) is 6.85. The highest BCUT2D eigenvalue weighted by atomic mass is 32.1. The Kier molecular flexibility index (Phi) is 5.35. The number of carbonyl (C=O) groups excluding carboxylic acids is 1. The lowest BCUT2D eigenvalue weighted by atomic mass is 9.79. The monoisotopic (exact) mass is 311 g/mol. The summed E-state index contributed by atoms with van der Waals surface area (Å²) in [6.07, 6.45) is 1.40. The molecule has 5 nitrogen and oxygen atoms in total. The van der Waals surface area contributed by atoms with Gasteiger partial charge in [0, 0.05) is 24.6 Å². The van der Waals surface area contributed by atoms with Crippen molar-refractivity contribution in [3.8, 4) is 0 Å². The summed E-state index contributed by atoms with van der Waals surface area (Å²) in [4.78, 5) is 18.3. The van der Waals surface area contributed by atoms with Crippen molar-refractivity contribution in [2.45, 2.75) is 46.1 Å². The van der Waals surface area contributed by atoms with Crippen LogP contribution in [0, 0.1) is 12.3 Å². The summed E-state index contributed by atoms with van der Waals surface area (Å²) in [5, 5.41) is 3.98. The fraction of sp³-hybridized carbons (Fsp3) is 0.733. The van der Waals surface area contributed by atoms with Crippen LogP contribution < -0.4 is 11.1 Å². The fourth-order valence-electron chi connectivity index (χ4n) is 2.71. The van der Waals surface area contributed by atoms with Crippen LogP contribution in [0.1, 0.15) is 48.2 Å². The first kappa shape index (κ1) is 16.4. The number of rotatable bonds is 5. The molecule has 0 bridgehead atoms. The first-order valence-electron chi connectivity index (χ1n) is 7.51. The van der Waals surface area contributed by atoms with Gasteiger partial charge in [0.15, 0.2) is 0 Å². The molecular weight excluding hydrogens is 286 g/mol. The van der Waals surface area contributed by atoms with E-state index in [9.17, 15) is 4.79 Å². The largest absolute Gasteiger partial charge is 0.381 e. The Morgan fingerprint density at radius 3 is 2.67 bits per heavy atom. The predicted octanol–water partition coefficient (Wildman–Crippen LogP) is 1.95. The number of hydrogen-bond donors (Lipinski definition) is 2. The zero-order valence-electron chi connectivity index (χ0n) is 13.1. The Labute approximate surface area is 130 Å². The number of carbonyl (C=O) groups is 1. The molecule has 1 aromatic rings. The zero-order valence-corrected chi connectivity index (χ0v) is 13.9. The highest BCUT2D eigenvalue weighted by Crippen LogP contribution is 2.30. The third kappa shape index (κ3) is 3.62. The number of nitrogens with two attached hydrogens (primary N) is 1. The van der Waals surface area contributed by atoms with E-state index in [0.29, 0.717) is 45.1 Å². The van der Waals surface area contributed by atoms with Crippen molar-refractivity contribution in [1.82, 2.24) is 10.3 Å². The Bertz CT molecular complexity index is 493. The summed E-state index contributed by atoms with van der Waals surface area (Å²) in [5.41, 5.74) is 6.51. The van der Waals surface area contributed by atoms with E-state index in [0.717, 1.165) is 10.7 Å². The molecule has 0 radical (unpaired) electrons. The normalized spacial score (nSPS) is 18.0. The molecule has 0 spiro atoms. The van der Waals surface area contributed by atoms with Gasteiger partial charge in [0.1, 0.15) is 5.01 Å². The van der Waals surface area contributed by atoms with E-state index in [4.69, 9.17) is 10.5 Å². The molecule has 0 saturated carbocycles. The summed E-state index contributed by atoms with van der Waals surface area (Å²) in [6.45, 7) is 8.43.